The molecule has 2 saturated carbocycles. The van der Waals surface area contributed by atoms with E-state index in [-0.39, 0.29) is 35.6 Å². The van der Waals surface area contributed by atoms with Crippen molar-refractivity contribution in [3.05, 3.63) is 59.9 Å². The van der Waals surface area contributed by atoms with Gasteiger partial charge in [0.2, 0.25) is 0 Å². The molecule has 0 unspecified atom stereocenters. The van der Waals surface area contributed by atoms with Crippen molar-refractivity contribution in [3.8, 4) is 11.1 Å². The number of aromatic nitrogens is 1. The third-order valence-corrected chi connectivity index (χ3v) is 7.71. The van der Waals surface area contributed by atoms with Gasteiger partial charge in [-0.2, -0.15) is 13.2 Å². The number of halogens is 3. The molecule has 0 amide bonds. The summed E-state index contributed by atoms with van der Waals surface area (Å²) in [5, 5.41) is 0. The van der Waals surface area contributed by atoms with Crippen LogP contribution < -0.4 is 0 Å². The Labute approximate surface area is 196 Å². The summed E-state index contributed by atoms with van der Waals surface area (Å²) >= 11 is 0. The van der Waals surface area contributed by atoms with Gasteiger partial charge in [-0.05, 0) is 61.4 Å². The lowest BCUT2D eigenvalue weighted by atomic mass is 9.57. The molecule has 34 heavy (non-hydrogen) atoms. The summed E-state index contributed by atoms with van der Waals surface area (Å²) in [6.45, 7) is 1.86. The van der Waals surface area contributed by atoms with Crippen molar-refractivity contribution in [1.29, 1.82) is 0 Å². The van der Waals surface area contributed by atoms with E-state index in [0.717, 1.165) is 37.8 Å². The number of alkyl halides is 3. The molecule has 0 radical (unpaired) electrons. The molecular formula is C27H26F3NO3. The van der Waals surface area contributed by atoms with Gasteiger partial charge in [-0.15, -0.1) is 0 Å². The molecule has 3 fully saturated rings. The van der Waals surface area contributed by atoms with Gasteiger partial charge in [0, 0.05) is 23.6 Å². The smallest absolute Gasteiger partial charge is 0.416 e. The van der Waals surface area contributed by atoms with E-state index in [0.29, 0.717) is 16.8 Å². The molecule has 1 aromatic carbocycles. The molecule has 0 spiro atoms. The van der Waals surface area contributed by atoms with Crippen molar-refractivity contribution in [1.82, 2.24) is 4.98 Å². The van der Waals surface area contributed by atoms with Gasteiger partial charge in [0.15, 0.2) is 5.78 Å². The molecule has 178 valence electrons. The third kappa shape index (κ3) is 4.05. The zero-order chi connectivity index (χ0) is 24.0. The topological polar surface area (TPSA) is 56.3 Å². The summed E-state index contributed by atoms with van der Waals surface area (Å²) in [6, 6.07) is 8.71. The quantitative estimate of drug-likeness (QED) is 0.411. The first-order chi connectivity index (χ1) is 16.2. The molecule has 1 aliphatic heterocycles. The lowest BCUT2D eigenvalue weighted by Gasteiger charge is -2.44. The summed E-state index contributed by atoms with van der Waals surface area (Å²) in [4.78, 5) is 29.9. The zero-order valence-electron chi connectivity index (χ0n) is 18.8. The highest BCUT2D eigenvalue weighted by Gasteiger charge is 2.58. The third-order valence-electron chi connectivity index (χ3n) is 7.71. The maximum atomic E-state index is 13.1. The van der Waals surface area contributed by atoms with E-state index in [2.05, 4.69) is 11.1 Å². The highest BCUT2D eigenvalue weighted by molar-refractivity contribution is 6.02. The van der Waals surface area contributed by atoms with Crippen LogP contribution >= 0.6 is 0 Å². The number of cyclic esters (lactones) is 1. The SMILES string of the molecule is C[C@@H]1OC(=O)[C@H]2C(=O)[C@H]3CCCC[C@@H]3[C@H](/C=C/c3ccc(-c4cccc(C(F)(F)F)c4)cn3)[C@H]21. The fourth-order valence-electron chi connectivity index (χ4n) is 6.12. The number of fused-ring (bicyclic) bond motifs is 2. The number of esters is 1. The van der Waals surface area contributed by atoms with Crippen molar-refractivity contribution in [2.75, 3.05) is 0 Å². The highest BCUT2D eigenvalue weighted by atomic mass is 19.4. The number of benzene rings is 1. The number of carbonyl (C=O) groups excluding carboxylic acids is 2. The van der Waals surface area contributed by atoms with E-state index in [1.807, 2.05) is 13.0 Å². The molecule has 4 nitrogen and oxygen atoms in total. The Kier molecular flexibility index (Phi) is 5.82. The van der Waals surface area contributed by atoms with E-state index in [1.54, 1.807) is 24.4 Å². The van der Waals surface area contributed by atoms with Gasteiger partial charge in [0.1, 0.15) is 12.0 Å². The van der Waals surface area contributed by atoms with Gasteiger partial charge >= 0.3 is 12.1 Å². The summed E-state index contributed by atoms with van der Waals surface area (Å²) < 4.78 is 44.6. The average Bonchev–Trinajstić information content (AvgIpc) is 3.13. The summed E-state index contributed by atoms with van der Waals surface area (Å²) in [5.74, 6) is -1.05. The molecule has 5 rings (SSSR count). The number of pyridine rings is 1. The van der Waals surface area contributed by atoms with Gasteiger partial charge in [-0.25, -0.2) is 0 Å². The molecule has 2 aliphatic carbocycles. The average molecular weight is 470 g/mol. The van der Waals surface area contributed by atoms with Crippen molar-refractivity contribution >= 4 is 17.8 Å². The Morgan fingerprint density at radius 3 is 2.59 bits per heavy atom. The number of rotatable bonds is 3. The number of ketones is 1. The second kappa shape index (κ2) is 8.67. The molecule has 2 heterocycles. The van der Waals surface area contributed by atoms with Crippen LogP contribution in [0.5, 0.6) is 0 Å². The van der Waals surface area contributed by atoms with Crippen molar-refractivity contribution in [2.24, 2.45) is 29.6 Å². The van der Waals surface area contributed by atoms with Gasteiger partial charge in [0.05, 0.1) is 11.3 Å². The van der Waals surface area contributed by atoms with E-state index in [9.17, 15) is 22.8 Å². The van der Waals surface area contributed by atoms with Crippen LogP contribution in [0.25, 0.3) is 17.2 Å². The normalized spacial score (nSPS) is 31.3. The van der Waals surface area contributed by atoms with Crippen LogP contribution in [0.15, 0.2) is 48.7 Å². The minimum absolute atomic E-state index is 0.0411. The predicted molar refractivity (Wildman–Crippen MR) is 120 cm³/mol. The summed E-state index contributed by atoms with van der Waals surface area (Å²) in [5.41, 5.74) is 1.03. The monoisotopic (exact) mass is 469 g/mol. The highest BCUT2D eigenvalue weighted by Crippen LogP contribution is 2.51. The number of hydrogen-bond donors (Lipinski definition) is 0. The zero-order valence-corrected chi connectivity index (χ0v) is 18.8. The standard InChI is InChI=1S/C27H26F3NO3/c1-15-23-21(20-7-2-3-8-22(20)25(32)24(23)26(33)34-15)12-11-19-10-9-17(14-31-19)16-5-4-6-18(13-16)27(28,29)30/h4-6,9-15,20-24H,2-3,7-8H2,1H3/b12-11+/t15-,20+,21-,22-,23+,24+/m0/s1. The number of allylic oxidation sites excluding steroid dienone is 1. The fourth-order valence-corrected chi connectivity index (χ4v) is 6.12. The maximum absolute atomic E-state index is 13.1. The summed E-state index contributed by atoms with van der Waals surface area (Å²) in [7, 11) is 0. The van der Waals surface area contributed by atoms with Crippen LogP contribution in [0, 0.1) is 29.6 Å². The number of Topliss-reactive ketones (excluding diaryl/α,β-unsaturated/α-hetero) is 1. The maximum Gasteiger partial charge on any atom is 0.416 e. The first kappa shape index (κ1) is 22.8. The van der Waals surface area contributed by atoms with Gasteiger partial charge in [-0.3, -0.25) is 14.6 Å². The van der Waals surface area contributed by atoms with Crippen LogP contribution in [0.3, 0.4) is 0 Å². The Bertz CT molecular complexity index is 1120. The number of carbonyl (C=O) groups is 2. The molecule has 7 heteroatoms. The largest absolute Gasteiger partial charge is 0.462 e. The van der Waals surface area contributed by atoms with Gasteiger partial charge < -0.3 is 4.74 Å². The Hall–Kier alpha value is -2.96. The van der Waals surface area contributed by atoms with Gasteiger partial charge in [0.25, 0.3) is 0 Å². The molecule has 0 bridgehead atoms. The number of ether oxygens (including phenoxy) is 1. The molecule has 6 atom stereocenters. The molecule has 3 aliphatic rings. The molecule has 0 N–H and O–H groups in total. The second-order valence-corrected chi connectivity index (χ2v) is 9.64. The van der Waals surface area contributed by atoms with E-state index < -0.39 is 23.6 Å². The van der Waals surface area contributed by atoms with Crippen LogP contribution in [0.2, 0.25) is 0 Å². The summed E-state index contributed by atoms with van der Waals surface area (Å²) in [6.07, 6.45) is 4.68. The molecule has 1 saturated heterocycles. The van der Waals surface area contributed by atoms with E-state index >= 15 is 0 Å². The Morgan fingerprint density at radius 2 is 1.85 bits per heavy atom. The van der Waals surface area contributed by atoms with Crippen LogP contribution in [0.1, 0.15) is 43.9 Å². The Balaban J connectivity index is 1.40. The predicted octanol–water partition coefficient (Wildman–Crippen LogP) is 5.96. The molecular weight excluding hydrogens is 443 g/mol. The number of nitrogens with zero attached hydrogens (tertiary/aromatic N) is 1. The lowest BCUT2D eigenvalue weighted by molar-refractivity contribution is -0.149. The second-order valence-electron chi connectivity index (χ2n) is 9.64. The van der Waals surface area contributed by atoms with Crippen molar-refractivity contribution in [2.45, 2.75) is 44.9 Å². The lowest BCUT2D eigenvalue weighted by Crippen LogP contribution is -2.49. The fraction of sp³-hybridized carbons (Fsp3) is 0.444. The van der Waals surface area contributed by atoms with E-state index in [4.69, 9.17) is 4.74 Å². The van der Waals surface area contributed by atoms with Crippen LogP contribution in [0.4, 0.5) is 13.2 Å². The van der Waals surface area contributed by atoms with Crippen molar-refractivity contribution < 1.29 is 27.5 Å². The van der Waals surface area contributed by atoms with E-state index in [1.165, 1.54) is 6.07 Å². The molecule has 2 aromatic rings. The Morgan fingerprint density at radius 1 is 1.06 bits per heavy atom. The molecule has 1 aromatic heterocycles. The number of hydrogen-bond acceptors (Lipinski definition) is 4. The first-order valence-corrected chi connectivity index (χ1v) is 11.8. The van der Waals surface area contributed by atoms with Crippen LogP contribution in [-0.4, -0.2) is 22.8 Å². The van der Waals surface area contributed by atoms with Crippen LogP contribution in [-0.2, 0) is 20.5 Å². The minimum atomic E-state index is -4.40. The first-order valence-electron chi connectivity index (χ1n) is 11.8. The van der Waals surface area contributed by atoms with Crippen molar-refractivity contribution in [3.63, 3.8) is 0 Å². The minimum Gasteiger partial charge on any atom is -0.462 e. The van der Waals surface area contributed by atoms with Gasteiger partial charge in [-0.1, -0.05) is 37.1 Å².